The maximum Gasteiger partial charge on any atom is 0.222 e. The number of aryl methyl sites for hydroxylation is 2. The number of thiazole rings is 1. The van der Waals surface area contributed by atoms with Gasteiger partial charge in [0, 0.05) is 17.3 Å². The maximum atomic E-state index is 11.9. The lowest BCUT2D eigenvalue weighted by Gasteiger charge is -2.15. The van der Waals surface area contributed by atoms with Crippen molar-refractivity contribution in [3.63, 3.8) is 0 Å². The molecule has 1 aliphatic heterocycles. The average molecular weight is 267 g/mol. The number of carbonyl (C=O) groups is 1. The minimum absolute atomic E-state index is 0.0603. The van der Waals surface area contributed by atoms with Gasteiger partial charge in [0.15, 0.2) is 0 Å². The Hall–Kier alpha value is -0.940. The minimum Gasteiger partial charge on any atom is -0.349 e. The van der Waals surface area contributed by atoms with E-state index in [4.69, 9.17) is 0 Å². The second kappa shape index (κ2) is 5.80. The molecule has 1 aromatic rings. The highest BCUT2D eigenvalue weighted by Gasteiger charge is 2.20. The summed E-state index contributed by atoms with van der Waals surface area (Å²) in [5, 5.41) is 7.47. The predicted molar refractivity (Wildman–Crippen MR) is 73.8 cm³/mol. The first-order chi connectivity index (χ1) is 8.56. The molecular formula is C13H21N3OS. The van der Waals surface area contributed by atoms with E-state index in [1.165, 1.54) is 11.3 Å². The van der Waals surface area contributed by atoms with Crippen LogP contribution in [0.3, 0.4) is 0 Å². The fourth-order valence-electron chi connectivity index (χ4n) is 2.47. The van der Waals surface area contributed by atoms with Crippen LogP contribution in [0.5, 0.6) is 0 Å². The van der Waals surface area contributed by atoms with Crippen LogP contribution in [0.15, 0.2) is 0 Å². The van der Waals surface area contributed by atoms with Crippen LogP contribution in [0.1, 0.15) is 47.8 Å². The van der Waals surface area contributed by atoms with E-state index >= 15 is 0 Å². The van der Waals surface area contributed by atoms with Gasteiger partial charge in [0.1, 0.15) is 0 Å². The largest absolute Gasteiger partial charge is 0.349 e. The van der Waals surface area contributed by atoms with Crippen molar-refractivity contribution in [2.45, 2.75) is 52.1 Å². The lowest BCUT2D eigenvalue weighted by atomic mass is 10.1. The highest BCUT2D eigenvalue weighted by atomic mass is 32.1. The molecule has 1 amide bonds. The van der Waals surface area contributed by atoms with Crippen molar-refractivity contribution in [3.05, 3.63) is 15.6 Å². The summed E-state index contributed by atoms with van der Waals surface area (Å²) in [7, 11) is 0. The summed E-state index contributed by atoms with van der Waals surface area (Å²) in [4.78, 5) is 17.5. The third kappa shape index (κ3) is 3.29. The number of aromatic nitrogens is 1. The standard InChI is InChI=1S/C13H21N3OS/c1-8-13(18-10(3)15-8)9(2)16-12(17)7-11-5-4-6-14-11/h9,11,14H,4-7H2,1-3H3,(H,16,17). The molecular weight excluding hydrogens is 246 g/mol. The molecule has 4 nitrogen and oxygen atoms in total. The molecule has 1 aromatic heterocycles. The molecule has 18 heavy (non-hydrogen) atoms. The van der Waals surface area contributed by atoms with Crippen molar-refractivity contribution in [3.8, 4) is 0 Å². The van der Waals surface area contributed by atoms with Gasteiger partial charge in [-0.3, -0.25) is 4.79 Å². The van der Waals surface area contributed by atoms with Gasteiger partial charge in [0.25, 0.3) is 0 Å². The van der Waals surface area contributed by atoms with Gasteiger partial charge < -0.3 is 10.6 Å². The first kappa shape index (κ1) is 13.5. The molecule has 1 fully saturated rings. The minimum atomic E-state index is 0.0603. The Morgan fingerprint density at radius 2 is 2.39 bits per heavy atom. The quantitative estimate of drug-likeness (QED) is 0.878. The van der Waals surface area contributed by atoms with Crippen molar-refractivity contribution in [1.29, 1.82) is 0 Å². The van der Waals surface area contributed by atoms with Crippen molar-refractivity contribution < 1.29 is 4.79 Å². The second-order valence-corrected chi connectivity index (χ2v) is 6.20. The number of hydrogen-bond acceptors (Lipinski definition) is 4. The number of amides is 1. The zero-order valence-corrected chi connectivity index (χ0v) is 12.1. The maximum absolute atomic E-state index is 11.9. The van der Waals surface area contributed by atoms with Gasteiger partial charge in [-0.2, -0.15) is 0 Å². The molecule has 2 atom stereocenters. The van der Waals surface area contributed by atoms with Gasteiger partial charge in [0.2, 0.25) is 5.91 Å². The molecule has 2 N–H and O–H groups in total. The first-order valence-electron chi connectivity index (χ1n) is 6.53. The predicted octanol–water partition coefficient (Wildman–Crippen LogP) is 2.08. The normalized spacial score (nSPS) is 20.9. The van der Waals surface area contributed by atoms with Crippen LogP contribution in [0.2, 0.25) is 0 Å². The monoisotopic (exact) mass is 267 g/mol. The molecule has 2 heterocycles. The van der Waals surface area contributed by atoms with Crippen LogP contribution in [0.25, 0.3) is 0 Å². The third-order valence-electron chi connectivity index (χ3n) is 3.30. The van der Waals surface area contributed by atoms with E-state index in [1.807, 2.05) is 20.8 Å². The first-order valence-corrected chi connectivity index (χ1v) is 7.34. The fourth-order valence-corrected chi connectivity index (χ4v) is 3.40. The van der Waals surface area contributed by atoms with Crippen LogP contribution in [0, 0.1) is 13.8 Å². The lowest BCUT2D eigenvalue weighted by molar-refractivity contribution is -0.122. The number of rotatable bonds is 4. The zero-order chi connectivity index (χ0) is 13.1. The molecule has 1 saturated heterocycles. The molecule has 100 valence electrons. The molecule has 0 spiro atoms. The van der Waals surface area contributed by atoms with Gasteiger partial charge in [0.05, 0.1) is 16.7 Å². The van der Waals surface area contributed by atoms with E-state index in [1.54, 1.807) is 11.3 Å². The molecule has 2 unspecified atom stereocenters. The fraction of sp³-hybridized carbons (Fsp3) is 0.692. The summed E-state index contributed by atoms with van der Waals surface area (Å²) >= 11 is 1.67. The van der Waals surface area contributed by atoms with Crippen molar-refractivity contribution in [2.24, 2.45) is 0 Å². The van der Waals surface area contributed by atoms with Crippen LogP contribution < -0.4 is 10.6 Å². The van der Waals surface area contributed by atoms with Crippen molar-refractivity contribution in [2.75, 3.05) is 6.54 Å². The van der Waals surface area contributed by atoms with Crippen LogP contribution >= 0.6 is 11.3 Å². The highest BCUT2D eigenvalue weighted by Crippen LogP contribution is 2.24. The van der Waals surface area contributed by atoms with Crippen molar-refractivity contribution in [1.82, 2.24) is 15.6 Å². The Morgan fingerprint density at radius 1 is 1.61 bits per heavy atom. The van der Waals surface area contributed by atoms with Crippen LogP contribution in [-0.4, -0.2) is 23.5 Å². The van der Waals surface area contributed by atoms with Gasteiger partial charge in [-0.1, -0.05) is 0 Å². The topological polar surface area (TPSA) is 54.0 Å². The van der Waals surface area contributed by atoms with E-state index in [-0.39, 0.29) is 11.9 Å². The molecule has 1 aliphatic rings. The van der Waals surface area contributed by atoms with Crippen LogP contribution in [-0.2, 0) is 4.79 Å². The Labute approximate surface area is 112 Å². The van der Waals surface area contributed by atoms with Gasteiger partial charge in [-0.25, -0.2) is 4.98 Å². The summed E-state index contributed by atoms with van der Waals surface area (Å²) < 4.78 is 0. The Kier molecular flexibility index (Phi) is 4.35. The molecule has 5 heteroatoms. The molecule has 0 aliphatic carbocycles. The summed E-state index contributed by atoms with van der Waals surface area (Å²) in [6.45, 7) is 7.07. The summed E-state index contributed by atoms with van der Waals surface area (Å²) in [5.41, 5.74) is 1.03. The van der Waals surface area contributed by atoms with Crippen LogP contribution in [0.4, 0.5) is 0 Å². The smallest absolute Gasteiger partial charge is 0.222 e. The number of nitrogens with zero attached hydrogens (tertiary/aromatic N) is 1. The summed E-state index contributed by atoms with van der Waals surface area (Å²) in [6.07, 6.45) is 2.88. The molecule has 0 aromatic carbocycles. The SMILES string of the molecule is Cc1nc(C)c(C(C)NC(=O)CC2CCCN2)s1. The van der Waals surface area contributed by atoms with Crippen molar-refractivity contribution >= 4 is 17.2 Å². The number of nitrogens with one attached hydrogen (secondary N) is 2. The summed E-state index contributed by atoms with van der Waals surface area (Å²) in [6, 6.07) is 0.423. The second-order valence-electron chi connectivity index (χ2n) is 4.97. The van der Waals surface area contributed by atoms with E-state index in [9.17, 15) is 4.79 Å². The van der Waals surface area contributed by atoms with E-state index < -0.39 is 0 Å². The zero-order valence-electron chi connectivity index (χ0n) is 11.2. The van der Waals surface area contributed by atoms with E-state index in [0.29, 0.717) is 12.5 Å². The Bertz CT molecular complexity index is 424. The van der Waals surface area contributed by atoms with Gasteiger partial charge >= 0.3 is 0 Å². The lowest BCUT2D eigenvalue weighted by Crippen LogP contribution is -2.33. The third-order valence-corrected chi connectivity index (χ3v) is 4.56. The molecule has 2 rings (SSSR count). The van der Waals surface area contributed by atoms with Gasteiger partial charge in [-0.15, -0.1) is 11.3 Å². The Balaban J connectivity index is 1.88. The number of hydrogen-bond donors (Lipinski definition) is 2. The molecule has 0 bridgehead atoms. The molecule has 0 saturated carbocycles. The van der Waals surface area contributed by atoms with Gasteiger partial charge in [-0.05, 0) is 40.2 Å². The molecule has 0 radical (unpaired) electrons. The van der Waals surface area contributed by atoms with E-state index in [2.05, 4.69) is 15.6 Å². The highest BCUT2D eigenvalue weighted by molar-refractivity contribution is 7.11. The van der Waals surface area contributed by atoms with E-state index in [0.717, 1.165) is 23.7 Å². The summed E-state index contributed by atoms with van der Waals surface area (Å²) in [5.74, 6) is 0.132. The Morgan fingerprint density at radius 3 is 2.94 bits per heavy atom. The number of carbonyl (C=O) groups excluding carboxylic acids is 1. The average Bonchev–Trinajstić information content (AvgIpc) is 2.88.